The highest BCUT2D eigenvalue weighted by molar-refractivity contribution is 6.18. The van der Waals surface area contributed by atoms with E-state index in [0.29, 0.717) is 17.1 Å². The predicted molar refractivity (Wildman–Crippen MR) is 221 cm³/mol. The van der Waals surface area contributed by atoms with Gasteiger partial charge in [0.2, 0.25) is 0 Å². The third-order valence-electron chi connectivity index (χ3n) is 9.40. The summed E-state index contributed by atoms with van der Waals surface area (Å²) in [5.41, 5.74) is 6.99. The van der Waals surface area contributed by atoms with Crippen LogP contribution in [0.3, 0.4) is 0 Å². The molecule has 0 atom stereocenters. The number of hydrogen-bond donors (Lipinski definition) is 0. The Labute approximate surface area is 311 Å². The van der Waals surface area contributed by atoms with Gasteiger partial charge in [0.25, 0.3) is 5.70 Å². The minimum absolute atomic E-state index is 0.0100. The molecule has 1 aliphatic rings. The van der Waals surface area contributed by atoms with Crippen LogP contribution in [0.15, 0.2) is 181 Å². The van der Waals surface area contributed by atoms with Crippen LogP contribution in [0.25, 0.3) is 38.5 Å². The van der Waals surface area contributed by atoms with Crippen molar-refractivity contribution in [2.75, 3.05) is 22.9 Å². The van der Waals surface area contributed by atoms with Gasteiger partial charge in [0.05, 0.1) is 18.3 Å². The Kier molecular flexibility index (Phi) is 10.3. The number of ether oxygens (including phenoxy) is 1. The molecule has 1 aliphatic heterocycles. The van der Waals surface area contributed by atoms with Crippen molar-refractivity contribution < 1.29 is 4.74 Å². The van der Waals surface area contributed by atoms with Crippen LogP contribution in [0.4, 0.5) is 22.7 Å². The summed E-state index contributed by atoms with van der Waals surface area (Å²) in [4.78, 5) is 8.13. The van der Waals surface area contributed by atoms with Crippen LogP contribution in [-0.4, -0.2) is 13.1 Å². The molecule has 0 spiro atoms. The van der Waals surface area contributed by atoms with Crippen molar-refractivity contribution in [3.8, 4) is 6.07 Å². The number of rotatable bonds is 10. The van der Waals surface area contributed by atoms with Gasteiger partial charge in [-0.25, -0.2) is 10.1 Å². The van der Waals surface area contributed by atoms with Crippen LogP contribution in [0.5, 0.6) is 0 Å². The molecule has 0 fully saturated rings. The van der Waals surface area contributed by atoms with Gasteiger partial charge in [-0.3, -0.25) is 0 Å². The molecular weight excluding hydrogens is 649 g/mol. The molecule has 5 heteroatoms. The molecular formula is C48H38N4O. The lowest BCUT2D eigenvalue weighted by atomic mass is 9.93. The topological polar surface area (TPSA) is 43.9 Å². The van der Waals surface area contributed by atoms with Gasteiger partial charge in [-0.15, -0.1) is 0 Å². The Morgan fingerprint density at radius 2 is 1.11 bits per heavy atom. The van der Waals surface area contributed by atoms with E-state index in [-0.39, 0.29) is 5.70 Å². The Bertz CT molecular complexity index is 2400. The largest absolute Gasteiger partial charge is 0.457 e. The Balaban J connectivity index is 1.31. The van der Waals surface area contributed by atoms with Gasteiger partial charge in [0, 0.05) is 40.9 Å². The fourth-order valence-corrected chi connectivity index (χ4v) is 6.85. The third kappa shape index (κ3) is 7.24. The van der Waals surface area contributed by atoms with E-state index >= 15 is 0 Å². The van der Waals surface area contributed by atoms with Crippen molar-refractivity contribution in [3.63, 3.8) is 0 Å². The van der Waals surface area contributed by atoms with E-state index in [1.807, 2.05) is 30.4 Å². The molecule has 7 rings (SSSR count). The molecule has 0 unspecified atom stereocenters. The summed E-state index contributed by atoms with van der Waals surface area (Å²) in [5, 5.41) is 14.2. The predicted octanol–water partition coefficient (Wildman–Crippen LogP) is 12.5. The zero-order chi connectivity index (χ0) is 36.6. The first-order valence-corrected chi connectivity index (χ1v) is 17.8. The number of hydrogen-bond acceptors (Lipinski definition) is 4. The van der Waals surface area contributed by atoms with Crippen molar-refractivity contribution in [1.82, 2.24) is 0 Å². The molecule has 256 valence electrons. The van der Waals surface area contributed by atoms with Crippen LogP contribution >= 0.6 is 0 Å². The molecule has 0 bridgehead atoms. The minimum atomic E-state index is 0.0100. The van der Waals surface area contributed by atoms with Gasteiger partial charge in [-0.2, -0.15) is 0 Å². The van der Waals surface area contributed by atoms with Crippen LogP contribution in [0.1, 0.15) is 25.0 Å². The SMILES string of the molecule is [C-]#[N+]C(C#N)=C1C=C(C=Cc2ccc(N(CC)CC)cc2)OC(C=Cc2c3ccccc3c(N(c3ccccc3)c3ccccc3)c3ccccc23)=C1. The van der Waals surface area contributed by atoms with Gasteiger partial charge in [-0.05, 0) is 102 Å². The van der Waals surface area contributed by atoms with Crippen LogP contribution in [-0.2, 0) is 4.74 Å². The summed E-state index contributed by atoms with van der Waals surface area (Å²) in [6.07, 6.45) is 11.4. The van der Waals surface area contributed by atoms with Crippen molar-refractivity contribution >= 4 is 56.4 Å². The first-order valence-electron chi connectivity index (χ1n) is 17.8. The molecule has 0 radical (unpaired) electrons. The lowest BCUT2D eigenvalue weighted by Gasteiger charge is -2.29. The molecule has 0 saturated carbocycles. The Morgan fingerprint density at radius 1 is 0.623 bits per heavy atom. The van der Waals surface area contributed by atoms with E-state index in [2.05, 4.69) is 162 Å². The second kappa shape index (κ2) is 15.9. The van der Waals surface area contributed by atoms with Crippen molar-refractivity contribution in [3.05, 3.63) is 203 Å². The zero-order valence-electron chi connectivity index (χ0n) is 29.8. The zero-order valence-corrected chi connectivity index (χ0v) is 29.8. The van der Waals surface area contributed by atoms with Gasteiger partial charge in [0.1, 0.15) is 11.5 Å². The number of anilines is 4. The van der Waals surface area contributed by atoms with Crippen molar-refractivity contribution in [2.45, 2.75) is 13.8 Å². The molecule has 5 nitrogen and oxygen atoms in total. The summed E-state index contributed by atoms with van der Waals surface area (Å²) < 4.78 is 6.38. The van der Waals surface area contributed by atoms with Gasteiger partial charge in [-0.1, -0.05) is 109 Å². The second-order valence-electron chi connectivity index (χ2n) is 12.5. The van der Waals surface area contributed by atoms with Crippen molar-refractivity contribution in [1.29, 1.82) is 5.26 Å². The molecule has 6 aromatic carbocycles. The summed E-state index contributed by atoms with van der Waals surface area (Å²) in [7, 11) is 0. The highest BCUT2D eigenvalue weighted by Crippen LogP contribution is 2.45. The van der Waals surface area contributed by atoms with Crippen LogP contribution in [0, 0.1) is 17.9 Å². The maximum atomic E-state index is 9.79. The van der Waals surface area contributed by atoms with E-state index in [1.54, 1.807) is 12.2 Å². The molecule has 6 aromatic rings. The van der Waals surface area contributed by atoms with Crippen molar-refractivity contribution in [2.24, 2.45) is 0 Å². The first kappa shape index (κ1) is 34.4. The first-order chi connectivity index (χ1) is 26.1. The number of nitriles is 1. The highest BCUT2D eigenvalue weighted by Gasteiger charge is 2.21. The van der Waals surface area contributed by atoms with Crippen LogP contribution < -0.4 is 9.80 Å². The molecule has 1 heterocycles. The summed E-state index contributed by atoms with van der Waals surface area (Å²) >= 11 is 0. The van der Waals surface area contributed by atoms with Gasteiger partial charge < -0.3 is 14.5 Å². The second-order valence-corrected chi connectivity index (χ2v) is 12.5. The number of benzene rings is 6. The minimum Gasteiger partial charge on any atom is -0.457 e. The van der Waals surface area contributed by atoms with E-state index in [9.17, 15) is 5.26 Å². The molecule has 0 amide bonds. The van der Waals surface area contributed by atoms with Crippen LogP contribution in [0.2, 0.25) is 0 Å². The fourth-order valence-electron chi connectivity index (χ4n) is 6.85. The van der Waals surface area contributed by atoms with Gasteiger partial charge in [0.15, 0.2) is 0 Å². The fraction of sp³-hybridized carbons (Fsp3) is 0.0833. The quantitative estimate of drug-likeness (QED) is 0.0817. The molecule has 53 heavy (non-hydrogen) atoms. The lowest BCUT2D eigenvalue weighted by Crippen LogP contribution is -2.21. The number of para-hydroxylation sites is 2. The van der Waals surface area contributed by atoms with E-state index in [0.717, 1.165) is 62.8 Å². The molecule has 0 aliphatic carbocycles. The Hall–Kier alpha value is -7.08. The van der Waals surface area contributed by atoms with E-state index in [1.165, 1.54) is 5.69 Å². The third-order valence-corrected chi connectivity index (χ3v) is 9.40. The van der Waals surface area contributed by atoms with E-state index in [4.69, 9.17) is 11.3 Å². The maximum absolute atomic E-state index is 9.79. The number of fused-ring (bicyclic) bond motifs is 2. The summed E-state index contributed by atoms with van der Waals surface area (Å²) in [6.45, 7) is 13.8. The summed E-state index contributed by atoms with van der Waals surface area (Å²) in [6, 6.07) is 48.4. The smallest absolute Gasteiger partial charge is 0.269 e. The van der Waals surface area contributed by atoms with E-state index < -0.39 is 0 Å². The summed E-state index contributed by atoms with van der Waals surface area (Å²) in [5.74, 6) is 1.07. The molecule has 0 saturated heterocycles. The standard InChI is InChI=1S/C48H38N4O/c1-4-51(5-2)37-27-24-35(25-28-37)26-29-40-32-36(47(34-49)50-3)33-41(53-40)30-31-44-42-20-12-14-22-45(42)48(46-23-15-13-21-43(44)46)52(38-16-8-6-9-17-38)39-18-10-7-11-19-39/h6-33H,4-5H2,1-2H3. The molecule has 0 N–H and O–H groups in total. The molecule has 0 aromatic heterocycles. The number of nitrogens with zero attached hydrogens (tertiary/aromatic N) is 4. The maximum Gasteiger partial charge on any atom is 0.269 e. The normalized spacial score (nSPS) is 13.7. The van der Waals surface area contributed by atoms with Gasteiger partial charge >= 0.3 is 0 Å². The average molecular weight is 687 g/mol. The average Bonchev–Trinajstić information content (AvgIpc) is 3.22. The highest BCUT2D eigenvalue weighted by atomic mass is 16.5. The number of allylic oxidation sites excluding steroid dienone is 6. The Morgan fingerprint density at radius 3 is 1.60 bits per heavy atom. The monoisotopic (exact) mass is 686 g/mol. The lowest BCUT2D eigenvalue weighted by molar-refractivity contribution is 0.332.